The maximum atomic E-state index is 14.9. The number of alkyl halides is 1. The molecule has 2 unspecified atom stereocenters. The smallest absolute Gasteiger partial charge is 0.270 e. The van der Waals surface area contributed by atoms with E-state index in [0.717, 1.165) is 0 Å². The van der Waals surface area contributed by atoms with Crippen LogP contribution in [0.4, 0.5) is 13.2 Å². The number of halogens is 3. The summed E-state index contributed by atoms with van der Waals surface area (Å²) >= 11 is 0. The maximum Gasteiger partial charge on any atom is 0.270 e. The van der Waals surface area contributed by atoms with Gasteiger partial charge in [0.05, 0.1) is 17.4 Å². The van der Waals surface area contributed by atoms with Crippen LogP contribution in [0.15, 0.2) is 66.9 Å². The number of aryl methyl sites for hydroxylation is 1. The van der Waals surface area contributed by atoms with Crippen molar-refractivity contribution in [3.05, 3.63) is 89.6 Å². The van der Waals surface area contributed by atoms with Gasteiger partial charge in [0, 0.05) is 5.39 Å². The SMILES string of the molecule is Cc1ccc(F)c(OC(F)C(C)(O)c2ccc3c(cnn3-c3ccc(F)cc3)c2)c1. The minimum Gasteiger partial charge on any atom is -0.454 e. The predicted molar refractivity (Wildman–Crippen MR) is 107 cm³/mol. The van der Waals surface area contributed by atoms with Gasteiger partial charge in [-0.25, -0.2) is 13.5 Å². The van der Waals surface area contributed by atoms with Crippen molar-refractivity contribution in [3.63, 3.8) is 0 Å². The quantitative estimate of drug-likeness (QED) is 0.491. The fourth-order valence-corrected chi connectivity index (χ4v) is 3.19. The first kappa shape index (κ1) is 20.0. The van der Waals surface area contributed by atoms with Crippen LogP contribution in [-0.4, -0.2) is 21.2 Å². The van der Waals surface area contributed by atoms with Crippen LogP contribution < -0.4 is 4.74 Å². The molecular formula is C23H19F3N2O2. The van der Waals surface area contributed by atoms with Crippen molar-refractivity contribution in [1.82, 2.24) is 9.78 Å². The first-order valence-electron chi connectivity index (χ1n) is 9.29. The number of nitrogens with zero attached hydrogens (tertiary/aromatic N) is 2. The molecule has 4 nitrogen and oxygen atoms in total. The highest BCUT2D eigenvalue weighted by Crippen LogP contribution is 2.32. The van der Waals surface area contributed by atoms with E-state index in [4.69, 9.17) is 4.74 Å². The molecular weight excluding hydrogens is 393 g/mol. The van der Waals surface area contributed by atoms with Gasteiger partial charge in [0.15, 0.2) is 17.2 Å². The number of rotatable bonds is 5. The summed E-state index contributed by atoms with van der Waals surface area (Å²) in [5.74, 6) is -1.34. The van der Waals surface area contributed by atoms with E-state index in [0.29, 0.717) is 22.2 Å². The molecule has 0 aliphatic rings. The minimum absolute atomic E-state index is 0.245. The van der Waals surface area contributed by atoms with Crippen LogP contribution in [0.5, 0.6) is 5.75 Å². The van der Waals surface area contributed by atoms with Crippen LogP contribution in [0.3, 0.4) is 0 Å². The molecule has 1 N–H and O–H groups in total. The second-order valence-corrected chi connectivity index (χ2v) is 7.32. The fourth-order valence-electron chi connectivity index (χ4n) is 3.19. The lowest BCUT2D eigenvalue weighted by Gasteiger charge is -2.28. The van der Waals surface area contributed by atoms with Crippen molar-refractivity contribution in [2.24, 2.45) is 0 Å². The zero-order valence-corrected chi connectivity index (χ0v) is 16.3. The zero-order chi connectivity index (χ0) is 21.5. The van der Waals surface area contributed by atoms with E-state index in [1.54, 1.807) is 54.2 Å². The van der Waals surface area contributed by atoms with Gasteiger partial charge in [-0.15, -0.1) is 0 Å². The Morgan fingerprint density at radius 2 is 1.77 bits per heavy atom. The Kier molecular flexibility index (Phi) is 4.99. The Bertz CT molecular complexity index is 1200. The summed E-state index contributed by atoms with van der Waals surface area (Å²) in [5, 5.41) is 15.7. The normalized spacial score (nSPS) is 14.5. The third-order valence-electron chi connectivity index (χ3n) is 4.98. The molecule has 154 valence electrons. The van der Waals surface area contributed by atoms with Crippen LogP contribution in [0.25, 0.3) is 16.6 Å². The molecule has 4 rings (SSSR count). The highest BCUT2D eigenvalue weighted by molar-refractivity contribution is 5.81. The van der Waals surface area contributed by atoms with Gasteiger partial charge < -0.3 is 9.84 Å². The van der Waals surface area contributed by atoms with Crippen LogP contribution in [0.1, 0.15) is 18.1 Å². The van der Waals surface area contributed by atoms with Crippen LogP contribution in [-0.2, 0) is 5.60 Å². The van der Waals surface area contributed by atoms with Crippen LogP contribution in [0, 0.1) is 18.6 Å². The molecule has 0 bridgehead atoms. The second-order valence-electron chi connectivity index (χ2n) is 7.32. The van der Waals surface area contributed by atoms with Crippen molar-refractivity contribution >= 4 is 10.9 Å². The topological polar surface area (TPSA) is 47.3 Å². The first-order chi connectivity index (χ1) is 14.3. The summed E-state index contributed by atoms with van der Waals surface area (Å²) in [6.45, 7) is 2.99. The monoisotopic (exact) mass is 412 g/mol. The molecule has 0 saturated carbocycles. The third-order valence-corrected chi connectivity index (χ3v) is 4.98. The predicted octanol–water partition coefficient (Wildman–Crippen LogP) is 5.19. The first-order valence-corrected chi connectivity index (χ1v) is 9.29. The highest BCUT2D eigenvalue weighted by atomic mass is 19.1. The number of aromatic nitrogens is 2. The molecule has 0 aliphatic carbocycles. The molecule has 0 amide bonds. The second kappa shape index (κ2) is 7.50. The molecule has 0 aliphatic heterocycles. The van der Waals surface area contributed by atoms with Crippen molar-refractivity contribution in [3.8, 4) is 11.4 Å². The number of hydrogen-bond donors (Lipinski definition) is 1. The van der Waals surface area contributed by atoms with E-state index >= 15 is 0 Å². The number of hydrogen-bond acceptors (Lipinski definition) is 3. The number of aliphatic hydroxyl groups is 1. The van der Waals surface area contributed by atoms with Gasteiger partial charge in [0.2, 0.25) is 0 Å². The van der Waals surface area contributed by atoms with Gasteiger partial charge in [-0.05, 0) is 73.5 Å². The molecule has 7 heteroatoms. The van der Waals surface area contributed by atoms with E-state index in [2.05, 4.69) is 5.10 Å². The Morgan fingerprint density at radius 1 is 1.03 bits per heavy atom. The fraction of sp³-hybridized carbons (Fsp3) is 0.174. The average Bonchev–Trinajstić information content (AvgIpc) is 3.14. The van der Waals surface area contributed by atoms with E-state index in [-0.39, 0.29) is 17.1 Å². The molecule has 3 aromatic carbocycles. The summed E-state index contributed by atoms with van der Waals surface area (Å²) < 4.78 is 48.7. The van der Waals surface area contributed by atoms with Gasteiger partial charge in [-0.2, -0.15) is 9.49 Å². The minimum atomic E-state index is -2.21. The number of benzene rings is 3. The molecule has 0 spiro atoms. The molecule has 4 aromatic rings. The Morgan fingerprint density at radius 3 is 2.50 bits per heavy atom. The van der Waals surface area contributed by atoms with Crippen LogP contribution >= 0.6 is 0 Å². The molecule has 0 fully saturated rings. The summed E-state index contributed by atoms with van der Waals surface area (Å²) in [6.07, 6.45) is -0.648. The van der Waals surface area contributed by atoms with E-state index in [1.807, 2.05) is 0 Å². The molecule has 2 atom stereocenters. The lowest BCUT2D eigenvalue weighted by molar-refractivity contribution is -0.120. The van der Waals surface area contributed by atoms with E-state index in [9.17, 15) is 18.3 Å². The van der Waals surface area contributed by atoms with Gasteiger partial charge in [-0.3, -0.25) is 0 Å². The summed E-state index contributed by atoms with van der Waals surface area (Å²) in [7, 11) is 0. The summed E-state index contributed by atoms with van der Waals surface area (Å²) in [4.78, 5) is 0. The van der Waals surface area contributed by atoms with Crippen LogP contribution in [0.2, 0.25) is 0 Å². The zero-order valence-electron chi connectivity index (χ0n) is 16.3. The average molecular weight is 412 g/mol. The number of ether oxygens (including phenoxy) is 1. The van der Waals surface area contributed by atoms with E-state index < -0.39 is 17.8 Å². The summed E-state index contributed by atoms with van der Waals surface area (Å²) in [6, 6.07) is 14.7. The van der Waals surface area contributed by atoms with Gasteiger partial charge in [0.25, 0.3) is 6.36 Å². The molecule has 0 saturated heterocycles. The molecule has 1 aromatic heterocycles. The van der Waals surface area contributed by atoms with Gasteiger partial charge in [-0.1, -0.05) is 12.1 Å². The molecule has 0 radical (unpaired) electrons. The van der Waals surface area contributed by atoms with Crippen molar-refractivity contribution in [1.29, 1.82) is 0 Å². The largest absolute Gasteiger partial charge is 0.454 e. The summed E-state index contributed by atoms with van der Waals surface area (Å²) in [5.41, 5.74) is 0.263. The van der Waals surface area contributed by atoms with Gasteiger partial charge in [0.1, 0.15) is 5.82 Å². The number of fused-ring (bicyclic) bond motifs is 1. The lowest BCUT2D eigenvalue weighted by Crippen LogP contribution is -2.37. The standard InChI is InChI=1S/C23H19F3N2O2/c1-14-3-9-19(25)21(11-14)30-22(26)23(2,29)16-4-10-20-15(12-16)13-27-28(20)18-7-5-17(24)6-8-18/h3-13,22,29H,1-2H3. The van der Waals surface area contributed by atoms with Crippen molar-refractivity contribution < 1.29 is 23.0 Å². The van der Waals surface area contributed by atoms with Crippen molar-refractivity contribution in [2.75, 3.05) is 0 Å². The maximum absolute atomic E-state index is 14.9. The Hall–Kier alpha value is -3.32. The van der Waals surface area contributed by atoms with Crippen molar-refractivity contribution in [2.45, 2.75) is 25.8 Å². The van der Waals surface area contributed by atoms with Gasteiger partial charge >= 0.3 is 0 Å². The molecule has 1 heterocycles. The lowest BCUT2D eigenvalue weighted by atomic mass is 9.95. The third kappa shape index (κ3) is 3.64. The highest BCUT2D eigenvalue weighted by Gasteiger charge is 2.37. The Balaban J connectivity index is 1.64. The van der Waals surface area contributed by atoms with E-state index in [1.165, 1.54) is 31.2 Å². The Labute approximate surface area is 171 Å². The molecule has 30 heavy (non-hydrogen) atoms.